The molecule has 1 unspecified atom stereocenters. The van der Waals surface area contributed by atoms with Crippen LogP contribution < -0.4 is 5.73 Å². The van der Waals surface area contributed by atoms with E-state index in [9.17, 15) is 4.79 Å². The van der Waals surface area contributed by atoms with Crippen molar-refractivity contribution in [3.05, 3.63) is 29.6 Å². The van der Waals surface area contributed by atoms with Crippen LogP contribution in [0.3, 0.4) is 0 Å². The SMILES string of the molecule is NC(CS)C(=O)c1bcccc1. The fraction of sp³-hybridized carbons (Fsp3) is 0.250. The molecule has 0 amide bonds. The molecule has 1 atom stereocenters. The molecule has 0 aromatic carbocycles. The van der Waals surface area contributed by atoms with Crippen molar-refractivity contribution in [2.75, 3.05) is 5.75 Å². The van der Waals surface area contributed by atoms with Gasteiger partial charge in [0.25, 0.3) is 0 Å². The zero-order valence-electron chi connectivity index (χ0n) is 6.60. The fourth-order valence-electron chi connectivity index (χ4n) is 0.899. The molecule has 1 aromatic heterocycles. The van der Waals surface area contributed by atoms with Crippen LogP contribution in [0.1, 0.15) is 10.3 Å². The molecule has 12 heavy (non-hydrogen) atoms. The van der Waals surface area contributed by atoms with E-state index in [1.807, 2.05) is 18.1 Å². The predicted octanol–water partition coefficient (Wildman–Crippen LogP) is 0.464. The summed E-state index contributed by atoms with van der Waals surface area (Å²) in [4.78, 5) is 11.4. The quantitative estimate of drug-likeness (QED) is 0.523. The molecule has 0 saturated carbocycles. The van der Waals surface area contributed by atoms with E-state index in [1.54, 1.807) is 13.0 Å². The van der Waals surface area contributed by atoms with Crippen molar-refractivity contribution in [1.29, 1.82) is 0 Å². The Hall–Kier alpha value is -0.605. The van der Waals surface area contributed by atoms with Crippen LogP contribution in [-0.4, -0.2) is 24.5 Å². The van der Waals surface area contributed by atoms with Crippen molar-refractivity contribution < 1.29 is 4.79 Å². The predicted molar refractivity (Wildman–Crippen MR) is 53.9 cm³/mol. The molecule has 0 aliphatic rings. The van der Waals surface area contributed by atoms with Crippen LogP contribution >= 0.6 is 12.6 Å². The summed E-state index contributed by atoms with van der Waals surface area (Å²) < 4.78 is 0. The number of rotatable bonds is 3. The van der Waals surface area contributed by atoms with Gasteiger partial charge < -0.3 is 0 Å². The Balaban J connectivity index is 2.79. The van der Waals surface area contributed by atoms with Gasteiger partial charge in [0.2, 0.25) is 0 Å². The van der Waals surface area contributed by atoms with E-state index >= 15 is 0 Å². The number of hydrogen-bond acceptors (Lipinski definition) is 3. The van der Waals surface area contributed by atoms with Gasteiger partial charge in [0.05, 0.1) is 0 Å². The van der Waals surface area contributed by atoms with Gasteiger partial charge in [-0.1, -0.05) is 0 Å². The fourth-order valence-corrected chi connectivity index (χ4v) is 1.07. The van der Waals surface area contributed by atoms with Gasteiger partial charge in [-0.05, 0) is 0 Å². The minimum atomic E-state index is -0.490. The van der Waals surface area contributed by atoms with Crippen LogP contribution in [0.25, 0.3) is 0 Å². The molecule has 0 aliphatic carbocycles. The molecule has 0 radical (unpaired) electrons. The molecule has 0 fully saturated rings. The third-order valence-electron chi connectivity index (χ3n) is 1.59. The van der Waals surface area contributed by atoms with Crippen molar-refractivity contribution in [2.45, 2.75) is 6.04 Å². The number of carbonyl (C=O) groups is 1. The molecule has 0 bridgehead atoms. The second-order valence-electron chi connectivity index (χ2n) is 2.52. The number of nitrogens with two attached hydrogens (primary N) is 1. The average Bonchev–Trinajstić information content (AvgIpc) is 2.17. The van der Waals surface area contributed by atoms with Crippen LogP contribution in [0.15, 0.2) is 24.2 Å². The summed E-state index contributed by atoms with van der Waals surface area (Å²) in [7, 11) is 0. The molecule has 2 N–H and O–H groups in total. The number of ketones is 1. The second kappa shape index (κ2) is 4.43. The number of Topliss-reactive ketones (excluding diaryl/α,β-unsaturated/α-hetero) is 1. The van der Waals surface area contributed by atoms with Crippen molar-refractivity contribution >= 4 is 25.3 Å². The summed E-state index contributed by atoms with van der Waals surface area (Å²) in [6, 6.07) is 4.95. The van der Waals surface area contributed by atoms with Gasteiger partial charge in [-0.2, -0.15) is 0 Å². The van der Waals surface area contributed by atoms with Crippen LogP contribution in [0.2, 0.25) is 0 Å². The van der Waals surface area contributed by atoms with Gasteiger partial charge in [0.15, 0.2) is 0 Å². The Morgan fingerprint density at radius 2 is 2.42 bits per heavy atom. The van der Waals surface area contributed by atoms with Crippen molar-refractivity contribution in [2.24, 2.45) is 5.73 Å². The third-order valence-corrected chi connectivity index (χ3v) is 1.99. The standard InChI is InChI=1S/C8H10BNOS/c10-7(5-12)8(11)6-3-1-2-4-9-6/h1-4,7,12H,5,10H2. The summed E-state index contributed by atoms with van der Waals surface area (Å²) >= 11 is 3.96. The molecule has 0 aliphatic heterocycles. The Bertz CT molecular complexity index is 265. The summed E-state index contributed by atoms with van der Waals surface area (Å²) in [5.74, 6) is 2.15. The van der Waals surface area contributed by atoms with E-state index in [4.69, 9.17) is 5.73 Å². The first-order chi connectivity index (χ1) is 5.75. The Kier molecular flexibility index (Phi) is 3.50. The van der Waals surface area contributed by atoms with E-state index in [0.29, 0.717) is 11.2 Å². The zero-order valence-corrected chi connectivity index (χ0v) is 7.50. The first kappa shape index (κ1) is 9.48. The number of hydrogen-bond donors (Lipinski definition) is 2. The minimum absolute atomic E-state index is 0.0504. The van der Waals surface area contributed by atoms with Gasteiger partial charge in [-0.15, -0.1) is 0 Å². The second-order valence-corrected chi connectivity index (χ2v) is 2.88. The summed E-state index contributed by atoms with van der Waals surface area (Å²) in [5, 5.41) is 0. The Morgan fingerprint density at radius 3 is 2.92 bits per heavy atom. The van der Waals surface area contributed by atoms with E-state index in [2.05, 4.69) is 12.6 Å². The first-order valence-corrected chi connectivity index (χ1v) is 4.34. The van der Waals surface area contributed by atoms with Gasteiger partial charge in [-0.3, -0.25) is 0 Å². The zero-order chi connectivity index (χ0) is 8.97. The van der Waals surface area contributed by atoms with E-state index < -0.39 is 6.04 Å². The molecular formula is C8H10BNOS. The van der Waals surface area contributed by atoms with Crippen LogP contribution in [0.5, 0.6) is 0 Å². The van der Waals surface area contributed by atoms with Crippen molar-refractivity contribution in [3.63, 3.8) is 0 Å². The Labute approximate surface area is 77.8 Å². The van der Waals surface area contributed by atoms with Crippen LogP contribution in [0, 0.1) is 0 Å². The van der Waals surface area contributed by atoms with E-state index in [0.717, 1.165) is 0 Å². The third kappa shape index (κ3) is 2.19. The number of thiol groups is 1. The van der Waals surface area contributed by atoms with Gasteiger partial charge in [0.1, 0.15) is 0 Å². The maximum atomic E-state index is 11.4. The maximum absolute atomic E-state index is 11.4. The summed E-state index contributed by atoms with van der Waals surface area (Å²) in [5.41, 5.74) is 6.17. The average molecular weight is 179 g/mol. The Morgan fingerprint density at radius 1 is 1.67 bits per heavy atom. The molecule has 1 aromatic rings. The molecule has 4 heteroatoms. The molecule has 0 saturated heterocycles. The van der Waals surface area contributed by atoms with Gasteiger partial charge in [0, 0.05) is 0 Å². The van der Waals surface area contributed by atoms with Gasteiger partial charge in [-0.25, -0.2) is 0 Å². The molecule has 62 valence electrons. The van der Waals surface area contributed by atoms with Crippen molar-refractivity contribution in [1.82, 2.24) is 0 Å². The molecular weight excluding hydrogens is 169 g/mol. The van der Waals surface area contributed by atoms with Crippen LogP contribution in [-0.2, 0) is 0 Å². The molecule has 1 heterocycles. The number of carbonyl (C=O) groups excluding carboxylic acids is 1. The van der Waals surface area contributed by atoms with E-state index in [1.165, 1.54) is 0 Å². The topological polar surface area (TPSA) is 43.1 Å². The monoisotopic (exact) mass is 179 g/mol. The van der Waals surface area contributed by atoms with Gasteiger partial charge >= 0.3 is 77.3 Å². The van der Waals surface area contributed by atoms with Crippen LogP contribution in [0.4, 0.5) is 0 Å². The molecule has 1 rings (SSSR count). The summed E-state index contributed by atoms with van der Waals surface area (Å²) in [6.07, 6.45) is 0. The summed E-state index contributed by atoms with van der Waals surface area (Å²) in [6.45, 7) is 1.76. The molecule has 2 nitrogen and oxygen atoms in total. The molecule has 0 spiro atoms. The normalized spacial score (nSPS) is 12.2. The first-order valence-electron chi connectivity index (χ1n) is 3.71. The van der Waals surface area contributed by atoms with Crippen molar-refractivity contribution in [3.8, 4) is 0 Å². The van der Waals surface area contributed by atoms with E-state index in [-0.39, 0.29) is 5.78 Å².